The van der Waals surface area contributed by atoms with E-state index in [1.807, 2.05) is 12.3 Å². The monoisotopic (exact) mass is 265 g/mol. The van der Waals surface area contributed by atoms with E-state index in [1.165, 1.54) is 48.8 Å². The Hall–Kier alpha value is -1.74. The van der Waals surface area contributed by atoms with Gasteiger partial charge in [-0.2, -0.15) is 0 Å². The predicted molar refractivity (Wildman–Crippen MR) is 79.4 cm³/mol. The van der Waals surface area contributed by atoms with Crippen molar-refractivity contribution in [3.05, 3.63) is 47.4 Å². The van der Waals surface area contributed by atoms with E-state index >= 15 is 0 Å². The summed E-state index contributed by atoms with van der Waals surface area (Å²) in [6, 6.07) is 9.48. The van der Waals surface area contributed by atoms with Crippen molar-refractivity contribution < 1.29 is 0 Å². The van der Waals surface area contributed by atoms with Crippen molar-refractivity contribution in [1.82, 2.24) is 15.3 Å². The van der Waals surface area contributed by atoms with Gasteiger partial charge in [-0.25, -0.2) is 9.97 Å². The van der Waals surface area contributed by atoms with Gasteiger partial charge in [-0.05, 0) is 55.4 Å². The molecule has 3 nitrogen and oxygen atoms in total. The summed E-state index contributed by atoms with van der Waals surface area (Å²) in [5, 5.41) is 3.47. The predicted octanol–water partition coefficient (Wildman–Crippen LogP) is 2.88. The van der Waals surface area contributed by atoms with Crippen LogP contribution in [0.4, 0.5) is 0 Å². The highest BCUT2D eigenvalue weighted by Crippen LogP contribution is 2.27. The minimum atomic E-state index is 0.697. The highest BCUT2D eigenvalue weighted by molar-refractivity contribution is 5.61. The van der Waals surface area contributed by atoms with Gasteiger partial charge >= 0.3 is 0 Å². The number of aryl methyl sites for hydroxylation is 2. The van der Waals surface area contributed by atoms with Crippen molar-refractivity contribution in [2.24, 2.45) is 0 Å². The second-order valence-corrected chi connectivity index (χ2v) is 5.85. The molecule has 20 heavy (non-hydrogen) atoms. The standard InChI is InChI=1S/C17H19N3/c1-2-12-4-5-14(10-13(12)3-1)16-8-9-18-17(20-16)11-19-15-6-7-15/h4-5,8-10,15,19H,1-3,6-7,11H2. The van der Waals surface area contributed by atoms with Crippen LogP contribution in [0.5, 0.6) is 0 Å². The first kappa shape index (κ1) is 12.0. The molecule has 3 heteroatoms. The number of hydrogen-bond acceptors (Lipinski definition) is 3. The van der Waals surface area contributed by atoms with Crippen LogP contribution in [0.15, 0.2) is 30.5 Å². The molecule has 1 N–H and O–H groups in total. The molecule has 2 aliphatic rings. The third kappa shape index (κ3) is 2.46. The average molecular weight is 265 g/mol. The van der Waals surface area contributed by atoms with Crippen molar-refractivity contribution in [1.29, 1.82) is 0 Å². The summed E-state index contributed by atoms with van der Waals surface area (Å²) < 4.78 is 0. The van der Waals surface area contributed by atoms with Crippen molar-refractivity contribution >= 4 is 0 Å². The van der Waals surface area contributed by atoms with Gasteiger partial charge in [0, 0.05) is 17.8 Å². The number of nitrogens with zero attached hydrogens (tertiary/aromatic N) is 2. The van der Waals surface area contributed by atoms with Crippen LogP contribution in [0.2, 0.25) is 0 Å². The lowest BCUT2D eigenvalue weighted by Crippen LogP contribution is -2.17. The normalized spacial score (nSPS) is 17.2. The molecule has 2 aromatic rings. The van der Waals surface area contributed by atoms with E-state index < -0.39 is 0 Å². The van der Waals surface area contributed by atoms with Gasteiger partial charge < -0.3 is 5.32 Å². The summed E-state index contributed by atoms with van der Waals surface area (Å²) in [7, 11) is 0. The number of hydrogen-bond donors (Lipinski definition) is 1. The van der Waals surface area contributed by atoms with E-state index in [0.717, 1.165) is 18.1 Å². The molecule has 0 amide bonds. The van der Waals surface area contributed by atoms with Gasteiger partial charge in [0.05, 0.1) is 12.2 Å². The zero-order chi connectivity index (χ0) is 13.4. The molecule has 0 spiro atoms. The van der Waals surface area contributed by atoms with Gasteiger partial charge in [0.25, 0.3) is 0 Å². The second-order valence-electron chi connectivity index (χ2n) is 5.85. The van der Waals surface area contributed by atoms with E-state index in [9.17, 15) is 0 Å². The Morgan fingerprint density at radius 1 is 1.10 bits per heavy atom. The largest absolute Gasteiger partial charge is 0.307 e. The maximum absolute atomic E-state index is 4.69. The Balaban J connectivity index is 1.58. The van der Waals surface area contributed by atoms with E-state index in [4.69, 9.17) is 4.98 Å². The molecule has 0 bridgehead atoms. The lowest BCUT2D eigenvalue weighted by Gasteiger charge is -2.07. The molecule has 0 atom stereocenters. The quantitative estimate of drug-likeness (QED) is 0.923. The van der Waals surface area contributed by atoms with Crippen LogP contribution in [0.3, 0.4) is 0 Å². The first-order valence-electron chi connectivity index (χ1n) is 7.56. The summed E-state index contributed by atoms with van der Waals surface area (Å²) in [6.07, 6.45) is 8.20. The van der Waals surface area contributed by atoms with E-state index in [2.05, 4.69) is 28.5 Å². The molecule has 2 aliphatic carbocycles. The van der Waals surface area contributed by atoms with E-state index in [-0.39, 0.29) is 0 Å². The minimum absolute atomic E-state index is 0.697. The smallest absolute Gasteiger partial charge is 0.142 e. The molecular weight excluding hydrogens is 246 g/mol. The van der Waals surface area contributed by atoms with Gasteiger partial charge in [0.15, 0.2) is 0 Å². The molecule has 4 rings (SSSR count). The number of nitrogens with one attached hydrogen (secondary N) is 1. The van der Waals surface area contributed by atoms with Crippen molar-refractivity contribution in [3.8, 4) is 11.3 Å². The minimum Gasteiger partial charge on any atom is -0.307 e. The molecule has 0 saturated heterocycles. The SMILES string of the molecule is c1cc(-c2ccc3c(c2)CCC3)nc(CNC2CC2)n1. The molecule has 0 unspecified atom stereocenters. The van der Waals surface area contributed by atoms with Crippen molar-refractivity contribution in [2.75, 3.05) is 0 Å². The van der Waals surface area contributed by atoms with Crippen molar-refractivity contribution in [3.63, 3.8) is 0 Å². The lowest BCUT2D eigenvalue weighted by atomic mass is 10.0. The molecule has 1 heterocycles. The van der Waals surface area contributed by atoms with Crippen LogP contribution in [-0.4, -0.2) is 16.0 Å². The summed E-state index contributed by atoms with van der Waals surface area (Å²) >= 11 is 0. The Kier molecular flexibility index (Phi) is 3.00. The molecular formula is C17H19N3. The van der Waals surface area contributed by atoms with E-state index in [0.29, 0.717) is 6.04 Å². The molecule has 0 radical (unpaired) electrons. The fourth-order valence-corrected chi connectivity index (χ4v) is 2.90. The summed E-state index contributed by atoms with van der Waals surface area (Å²) in [4.78, 5) is 9.06. The fraction of sp³-hybridized carbons (Fsp3) is 0.412. The number of rotatable bonds is 4. The summed E-state index contributed by atoms with van der Waals surface area (Å²) in [5.74, 6) is 0.898. The van der Waals surface area contributed by atoms with Gasteiger partial charge in [-0.3, -0.25) is 0 Å². The molecule has 1 aromatic heterocycles. The molecule has 1 fully saturated rings. The van der Waals surface area contributed by atoms with Crippen LogP contribution >= 0.6 is 0 Å². The Labute approximate surface area is 119 Å². The van der Waals surface area contributed by atoms with Gasteiger partial charge in [-0.1, -0.05) is 12.1 Å². The summed E-state index contributed by atoms with van der Waals surface area (Å²) in [5.41, 5.74) is 5.28. The van der Waals surface area contributed by atoms with Crippen LogP contribution < -0.4 is 5.32 Å². The highest BCUT2D eigenvalue weighted by Gasteiger charge is 2.20. The first-order valence-corrected chi connectivity index (χ1v) is 7.56. The number of fused-ring (bicyclic) bond motifs is 1. The number of benzene rings is 1. The Bertz CT molecular complexity index is 632. The van der Waals surface area contributed by atoms with Crippen LogP contribution in [-0.2, 0) is 19.4 Å². The Morgan fingerprint density at radius 2 is 2.00 bits per heavy atom. The number of aromatic nitrogens is 2. The molecule has 0 aliphatic heterocycles. The lowest BCUT2D eigenvalue weighted by molar-refractivity contribution is 0.658. The zero-order valence-electron chi connectivity index (χ0n) is 11.6. The van der Waals surface area contributed by atoms with Gasteiger partial charge in [-0.15, -0.1) is 0 Å². The first-order chi connectivity index (χ1) is 9.88. The summed E-state index contributed by atoms with van der Waals surface area (Å²) in [6.45, 7) is 0.781. The zero-order valence-corrected chi connectivity index (χ0v) is 11.6. The maximum atomic E-state index is 4.69. The molecule has 102 valence electrons. The molecule has 1 saturated carbocycles. The fourth-order valence-electron chi connectivity index (χ4n) is 2.90. The van der Waals surface area contributed by atoms with Crippen LogP contribution in [0.25, 0.3) is 11.3 Å². The third-order valence-corrected chi connectivity index (χ3v) is 4.23. The highest BCUT2D eigenvalue weighted by atomic mass is 15.0. The average Bonchev–Trinajstić information content (AvgIpc) is 3.20. The van der Waals surface area contributed by atoms with Crippen LogP contribution in [0.1, 0.15) is 36.2 Å². The Morgan fingerprint density at radius 3 is 2.90 bits per heavy atom. The molecule has 1 aromatic carbocycles. The maximum Gasteiger partial charge on any atom is 0.142 e. The van der Waals surface area contributed by atoms with Crippen LogP contribution in [0, 0.1) is 0 Å². The van der Waals surface area contributed by atoms with Gasteiger partial charge in [0.1, 0.15) is 5.82 Å². The van der Waals surface area contributed by atoms with Gasteiger partial charge in [0.2, 0.25) is 0 Å². The van der Waals surface area contributed by atoms with Crippen molar-refractivity contribution in [2.45, 2.75) is 44.7 Å². The topological polar surface area (TPSA) is 37.8 Å². The third-order valence-electron chi connectivity index (χ3n) is 4.23. The second kappa shape index (κ2) is 4.98. The van der Waals surface area contributed by atoms with E-state index in [1.54, 1.807) is 0 Å².